The van der Waals surface area contributed by atoms with Crippen LogP contribution in [-0.4, -0.2) is 17.0 Å². The number of hydrogen-bond acceptors (Lipinski definition) is 2. The number of hydrogen-bond donors (Lipinski definition) is 0. The van der Waals surface area contributed by atoms with Gasteiger partial charge in [-0.25, -0.2) is 0 Å². The van der Waals surface area contributed by atoms with Crippen molar-refractivity contribution in [2.75, 3.05) is 6.61 Å². The number of nitrogens with zero attached hydrogens (tertiary/aromatic N) is 1. The largest absolute Gasteiger partial charge is 0.369 e. The molecule has 0 bridgehead atoms. The summed E-state index contributed by atoms with van der Waals surface area (Å²) in [5, 5.41) is 0.675. The van der Waals surface area contributed by atoms with Crippen molar-refractivity contribution in [2.45, 2.75) is 33.9 Å². The molecule has 0 aliphatic carbocycles. The number of rotatable bonds is 6. The number of ketones is 1. The summed E-state index contributed by atoms with van der Waals surface area (Å²) in [4.78, 5) is 12.2. The van der Waals surface area contributed by atoms with Crippen LogP contribution < -0.4 is 0 Å². The van der Waals surface area contributed by atoms with Gasteiger partial charge in [-0.2, -0.15) is 0 Å². The summed E-state index contributed by atoms with van der Waals surface area (Å²) in [6.07, 6.45) is 0. The summed E-state index contributed by atoms with van der Waals surface area (Å²) < 4.78 is 7.64. The van der Waals surface area contributed by atoms with Gasteiger partial charge in [0.2, 0.25) is 0 Å². The summed E-state index contributed by atoms with van der Waals surface area (Å²) in [5.74, 6) is 0.0184. The lowest BCUT2D eigenvalue weighted by molar-refractivity contribution is 0.0726. The highest BCUT2D eigenvalue weighted by molar-refractivity contribution is 6.30. The summed E-state index contributed by atoms with van der Waals surface area (Å²) >= 11 is 5.91. The van der Waals surface area contributed by atoms with Gasteiger partial charge in [0.25, 0.3) is 0 Å². The molecule has 112 valence electrons. The molecule has 0 amide bonds. The molecule has 2 rings (SSSR count). The number of carbonyl (C=O) groups excluding carboxylic acids is 1. The molecule has 1 aromatic heterocycles. The highest BCUT2D eigenvalue weighted by atomic mass is 35.5. The molecule has 0 atom stereocenters. The van der Waals surface area contributed by atoms with Crippen molar-refractivity contribution in [3.05, 3.63) is 57.9 Å². The van der Waals surface area contributed by atoms with Crippen molar-refractivity contribution in [1.29, 1.82) is 0 Å². The standard InChI is InChI=1S/C17H20ClNO2/c1-4-19-12(2)8-16(13(19)3)17(20)11-21-10-14-6-5-7-15(18)9-14/h5-9H,4,10-11H2,1-3H3. The van der Waals surface area contributed by atoms with Gasteiger partial charge in [-0.05, 0) is 44.5 Å². The van der Waals surface area contributed by atoms with Crippen LogP contribution in [0.3, 0.4) is 0 Å². The number of aromatic nitrogens is 1. The number of benzene rings is 1. The summed E-state index contributed by atoms with van der Waals surface area (Å²) in [6.45, 7) is 7.40. The Labute approximate surface area is 130 Å². The molecule has 21 heavy (non-hydrogen) atoms. The minimum atomic E-state index is 0.0184. The third-order valence-electron chi connectivity index (χ3n) is 3.58. The first-order valence-electron chi connectivity index (χ1n) is 7.05. The molecular formula is C17H20ClNO2. The van der Waals surface area contributed by atoms with Gasteiger partial charge in [0.1, 0.15) is 6.61 Å². The van der Waals surface area contributed by atoms with Gasteiger partial charge in [-0.15, -0.1) is 0 Å². The van der Waals surface area contributed by atoms with E-state index in [1.165, 1.54) is 0 Å². The second-order valence-corrected chi connectivity index (χ2v) is 5.51. The maximum absolute atomic E-state index is 12.2. The first-order chi connectivity index (χ1) is 10.0. The van der Waals surface area contributed by atoms with E-state index >= 15 is 0 Å². The third-order valence-corrected chi connectivity index (χ3v) is 3.82. The lowest BCUT2D eigenvalue weighted by Gasteiger charge is -2.06. The lowest BCUT2D eigenvalue weighted by Crippen LogP contribution is -2.10. The fourth-order valence-electron chi connectivity index (χ4n) is 2.54. The molecule has 3 nitrogen and oxygen atoms in total. The molecule has 0 radical (unpaired) electrons. The number of carbonyl (C=O) groups is 1. The average Bonchev–Trinajstić information content (AvgIpc) is 2.73. The normalized spacial score (nSPS) is 10.9. The van der Waals surface area contributed by atoms with Gasteiger partial charge < -0.3 is 9.30 Å². The second-order valence-electron chi connectivity index (χ2n) is 5.07. The minimum Gasteiger partial charge on any atom is -0.369 e. The van der Waals surface area contributed by atoms with Crippen LogP contribution in [0.4, 0.5) is 0 Å². The smallest absolute Gasteiger partial charge is 0.190 e. The summed E-state index contributed by atoms with van der Waals surface area (Å²) in [7, 11) is 0. The third kappa shape index (κ3) is 3.74. The van der Waals surface area contributed by atoms with Crippen molar-refractivity contribution in [2.24, 2.45) is 0 Å². The SMILES string of the molecule is CCn1c(C)cc(C(=O)COCc2cccc(Cl)c2)c1C. The molecule has 0 N–H and O–H groups in total. The molecule has 0 spiro atoms. The maximum Gasteiger partial charge on any atom is 0.190 e. The Morgan fingerprint density at radius 2 is 2.05 bits per heavy atom. The van der Waals surface area contributed by atoms with E-state index in [9.17, 15) is 4.79 Å². The summed E-state index contributed by atoms with van der Waals surface area (Å²) in [6, 6.07) is 9.39. The van der Waals surface area contributed by atoms with Crippen LogP contribution in [0.25, 0.3) is 0 Å². The molecule has 0 aliphatic rings. The Morgan fingerprint density at radius 3 is 2.67 bits per heavy atom. The van der Waals surface area contributed by atoms with E-state index < -0.39 is 0 Å². The van der Waals surface area contributed by atoms with Crippen LogP contribution in [0.2, 0.25) is 5.02 Å². The quantitative estimate of drug-likeness (QED) is 0.750. The fraction of sp³-hybridized carbons (Fsp3) is 0.353. The van der Waals surface area contributed by atoms with Crippen molar-refractivity contribution < 1.29 is 9.53 Å². The predicted octanol–water partition coefficient (Wildman–Crippen LogP) is 4.18. The zero-order valence-corrected chi connectivity index (χ0v) is 13.4. The first kappa shape index (κ1) is 15.8. The molecule has 4 heteroatoms. The van der Waals surface area contributed by atoms with Gasteiger partial charge in [0, 0.05) is 28.5 Å². The Hall–Kier alpha value is -1.58. The van der Waals surface area contributed by atoms with Crippen molar-refractivity contribution in [3.8, 4) is 0 Å². The van der Waals surface area contributed by atoms with Crippen LogP contribution in [0, 0.1) is 13.8 Å². The number of aryl methyl sites for hydroxylation is 1. The molecule has 1 heterocycles. The number of ether oxygens (including phenoxy) is 1. The second kappa shape index (κ2) is 6.92. The van der Waals surface area contributed by atoms with Crippen molar-refractivity contribution in [1.82, 2.24) is 4.57 Å². The Kier molecular flexibility index (Phi) is 5.21. The fourth-order valence-corrected chi connectivity index (χ4v) is 2.75. The van der Waals surface area contributed by atoms with Crippen LogP contribution in [0.1, 0.15) is 34.2 Å². The van der Waals surface area contributed by atoms with Gasteiger partial charge in [-0.1, -0.05) is 23.7 Å². The molecule has 2 aromatic rings. The van der Waals surface area contributed by atoms with E-state index in [1.54, 1.807) is 0 Å². The molecule has 0 unspecified atom stereocenters. The zero-order valence-electron chi connectivity index (χ0n) is 12.6. The first-order valence-corrected chi connectivity index (χ1v) is 7.42. The van der Waals surface area contributed by atoms with Gasteiger partial charge in [0.05, 0.1) is 6.61 Å². The zero-order chi connectivity index (χ0) is 15.4. The van der Waals surface area contributed by atoms with Gasteiger partial charge in [0.15, 0.2) is 5.78 Å². The molecule has 0 aliphatic heterocycles. The van der Waals surface area contributed by atoms with E-state index in [2.05, 4.69) is 11.5 Å². The number of Topliss-reactive ketones (excluding diaryl/α,β-unsaturated/α-hetero) is 1. The van der Waals surface area contributed by atoms with Gasteiger partial charge in [-0.3, -0.25) is 4.79 Å². The van der Waals surface area contributed by atoms with E-state index in [0.29, 0.717) is 11.6 Å². The van der Waals surface area contributed by atoms with Crippen LogP contribution in [-0.2, 0) is 17.9 Å². The maximum atomic E-state index is 12.2. The Bertz CT molecular complexity index is 646. The molecule has 1 aromatic carbocycles. The summed E-state index contributed by atoms with van der Waals surface area (Å²) in [5.41, 5.74) is 3.83. The van der Waals surface area contributed by atoms with E-state index in [1.807, 2.05) is 44.2 Å². The highest BCUT2D eigenvalue weighted by Gasteiger charge is 2.14. The molecule has 0 saturated carbocycles. The van der Waals surface area contributed by atoms with E-state index in [-0.39, 0.29) is 12.4 Å². The average molecular weight is 306 g/mol. The van der Waals surface area contributed by atoms with Crippen LogP contribution in [0.15, 0.2) is 30.3 Å². The molecule has 0 saturated heterocycles. The Balaban J connectivity index is 1.96. The van der Waals surface area contributed by atoms with E-state index in [0.717, 1.165) is 29.1 Å². The van der Waals surface area contributed by atoms with Crippen LogP contribution >= 0.6 is 11.6 Å². The molecule has 0 fully saturated rings. The van der Waals surface area contributed by atoms with Crippen molar-refractivity contribution in [3.63, 3.8) is 0 Å². The number of halogens is 1. The topological polar surface area (TPSA) is 31.2 Å². The Morgan fingerprint density at radius 1 is 1.29 bits per heavy atom. The monoisotopic (exact) mass is 305 g/mol. The highest BCUT2D eigenvalue weighted by Crippen LogP contribution is 2.16. The predicted molar refractivity (Wildman–Crippen MR) is 85.0 cm³/mol. The lowest BCUT2D eigenvalue weighted by atomic mass is 10.1. The van der Waals surface area contributed by atoms with Gasteiger partial charge >= 0.3 is 0 Å². The minimum absolute atomic E-state index is 0.0184. The van der Waals surface area contributed by atoms with Crippen molar-refractivity contribution >= 4 is 17.4 Å². The van der Waals surface area contributed by atoms with E-state index in [4.69, 9.17) is 16.3 Å². The molecular weight excluding hydrogens is 286 g/mol. The van der Waals surface area contributed by atoms with Crippen LogP contribution in [0.5, 0.6) is 0 Å².